The van der Waals surface area contributed by atoms with Gasteiger partial charge < -0.3 is 20.7 Å². The number of nitrogens with two attached hydrogens (primary N) is 1. The van der Waals surface area contributed by atoms with E-state index in [1.165, 1.54) is 12.1 Å². The first-order valence-corrected chi connectivity index (χ1v) is 7.64. The molecule has 1 aromatic rings. The highest BCUT2D eigenvalue weighted by molar-refractivity contribution is 5.85. The third-order valence-corrected chi connectivity index (χ3v) is 5.22. The van der Waals surface area contributed by atoms with E-state index in [2.05, 4.69) is 4.74 Å². The zero-order valence-electron chi connectivity index (χ0n) is 12.9. The van der Waals surface area contributed by atoms with Crippen molar-refractivity contribution in [3.63, 3.8) is 0 Å². The lowest BCUT2D eigenvalue weighted by Gasteiger charge is -2.31. The Hall–Kier alpha value is -2.29. The number of alkyl halides is 3. The van der Waals surface area contributed by atoms with Crippen LogP contribution in [0.1, 0.15) is 12.0 Å². The Balaban J connectivity index is 1.79. The lowest BCUT2D eigenvalue weighted by atomic mass is 9.78. The van der Waals surface area contributed by atoms with Gasteiger partial charge >= 0.3 is 18.3 Å². The van der Waals surface area contributed by atoms with E-state index in [-0.39, 0.29) is 12.3 Å². The topological polar surface area (TPSA) is 110 Å². The number of hydrogen-bond donors (Lipinski definition) is 3. The molecule has 5 unspecified atom stereocenters. The number of carbonyl (C=O) groups is 2. The molecule has 0 spiro atoms. The highest BCUT2D eigenvalue weighted by Gasteiger charge is 2.73. The average molecular weight is 359 g/mol. The van der Waals surface area contributed by atoms with E-state index in [9.17, 15) is 27.9 Å². The predicted molar refractivity (Wildman–Crippen MR) is 77.6 cm³/mol. The summed E-state index contributed by atoms with van der Waals surface area (Å²) >= 11 is 0. The van der Waals surface area contributed by atoms with Crippen LogP contribution in [0.5, 0.6) is 5.75 Å². The number of rotatable bonds is 5. The summed E-state index contributed by atoms with van der Waals surface area (Å²) in [5, 5.41) is 18.7. The molecule has 5 atom stereocenters. The van der Waals surface area contributed by atoms with Crippen LogP contribution < -0.4 is 10.5 Å². The van der Waals surface area contributed by atoms with Gasteiger partial charge in [-0.05, 0) is 42.4 Å². The molecule has 1 aromatic carbocycles. The van der Waals surface area contributed by atoms with Crippen molar-refractivity contribution < 1.29 is 37.7 Å². The molecule has 3 rings (SSSR count). The summed E-state index contributed by atoms with van der Waals surface area (Å²) in [6.45, 7) is 0. The second-order valence-corrected chi connectivity index (χ2v) is 6.62. The molecule has 4 N–H and O–H groups in total. The molecule has 0 aliphatic heterocycles. The SMILES string of the molecule is NC1(C(=O)O)C(Cc2cccc(OC(F)(F)F)c2)CC2C(C(=O)O)C21. The molecule has 2 saturated carbocycles. The van der Waals surface area contributed by atoms with E-state index in [1.54, 1.807) is 6.07 Å². The van der Waals surface area contributed by atoms with Gasteiger partial charge in [0.2, 0.25) is 0 Å². The Morgan fingerprint density at radius 2 is 2.00 bits per heavy atom. The molecule has 6 nitrogen and oxygen atoms in total. The molecule has 2 aliphatic rings. The molecule has 0 amide bonds. The highest BCUT2D eigenvalue weighted by Crippen LogP contribution is 2.64. The van der Waals surface area contributed by atoms with Crippen LogP contribution in [0.2, 0.25) is 0 Å². The second-order valence-electron chi connectivity index (χ2n) is 6.62. The zero-order chi connectivity index (χ0) is 18.6. The molecule has 2 fully saturated rings. The Labute approximate surface area is 140 Å². The number of benzene rings is 1. The van der Waals surface area contributed by atoms with Crippen molar-refractivity contribution in [2.75, 3.05) is 0 Å². The Morgan fingerprint density at radius 1 is 1.32 bits per heavy atom. The van der Waals surface area contributed by atoms with Crippen molar-refractivity contribution in [2.24, 2.45) is 29.4 Å². The molecule has 136 valence electrons. The molecule has 9 heteroatoms. The fraction of sp³-hybridized carbons (Fsp3) is 0.500. The van der Waals surface area contributed by atoms with Crippen LogP contribution in [-0.2, 0) is 16.0 Å². The minimum Gasteiger partial charge on any atom is -0.481 e. The fourth-order valence-electron chi connectivity index (χ4n) is 4.17. The van der Waals surface area contributed by atoms with E-state index in [4.69, 9.17) is 10.8 Å². The monoisotopic (exact) mass is 359 g/mol. The normalized spacial score (nSPS) is 33.6. The molecular weight excluding hydrogens is 343 g/mol. The van der Waals surface area contributed by atoms with E-state index in [1.807, 2.05) is 0 Å². The van der Waals surface area contributed by atoms with Crippen LogP contribution in [-0.4, -0.2) is 34.1 Å². The molecule has 0 heterocycles. The number of halogens is 3. The summed E-state index contributed by atoms with van der Waals surface area (Å²) in [7, 11) is 0. The van der Waals surface area contributed by atoms with Crippen molar-refractivity contribution in [3.05, 3.63) is 29.8 Å². The Kier molecular flexibility index (Phi) is 3.94. The number of carboxylic acids is 2. The molecular formula is C16H16F3NO5. The maximum Gasteiger partial charge on any atom is 0.573 e. The van der Waals surface area contributed by atoms with Crippen LogP contribution in [0.15, 0.2) is 24.3 Å². The van der Waals surface area contributed by atoms with Crippen LogP contribution >= 0.6 is 0 Å². The van der Waals surface area contributed by atoms with E-state index < -0.39 is 47.3 Å². The zero-order valence-corrected chi connectivity index (χ0v) is 12.9. The van der Waals surface area contributed by atoms with Gasteiger partial charge in [-0.2, -0.15) is 0 Å². The van der Waals surface area contributed by atoms with E-state index in [0.717, 1.165) is 6.07 Å². The summed E-state index contributed by atoms with van der Waals surface area (Å²) in [5.74, 6) is -5.02. The summed E-state index contributed by atoms with van der Waals surface area (Å²) in [6.07, 6.45) is -4.37. The number of aliphatic carboxylic acids is 2. The van der Waals surface area contributed by atoms with Gasteiger partial charge in [-0.1, -0.05) is 12.1 Å². The summed E-state index contributed by atoms with van der Waals surface area (Å²) in [6, 6.07) is 5.28. The standard InChI is InChI=1S/C16H16F3NO5/c17-16(18,19)25-9-3-1-2-7(5-9)4-8-6-10-11(13(21)22)12(10)15(8,20)14(23)24/h1-3,5,8,10-12H,4,6,20H2,(H,21,22)(H,23,24). The van der Waals surface area contributed by atoms with Gasteiger partial charge in [0.05, 0.1) is 5.92 Å². The Morgan fingerprint density at radius 3 is 2.56 bits per heavy atom. The molecule has 0 aromatic heterocycles. The second kappa shape index (κ2) is 5.62. The predicted octanol–water partition coefficient (Wildman–Crippen LogP) is 1.88. The van der Waals surface area contributed by atoms with E-state index in [0.29, 0.717) is 12.0 Å². The van der Waals surface area contributed by atoms with Crippen molar-refractivity contribution in [2.45, 2.75) is 24.7 Å². The first-order valence-electron chi connectivity index (χ1n) is 7.64. The third kappa shape index (κ3) is 3.04. The number of ether oxygens (including phenoxy) is 1. The third-order valence-electron chi connectivity index (χ3n) is 5.22. The van der Waals surface area contributed by atoms with Crippen molar-refractivity contribution in [1.29, 1.82) is 0 Å². The van der Waals surface area contributed by atoms with Gasteiger partial charge in [-0.15, -0.1) is 13.2 Å². The highest BCUT2D eigenvalue weighted by atomic mass is 19.4. The molecule has 0 bridgehead atoms. The van der Waals surface area contributed by atoms with Gasteiger partial charge in [0, 0.05) is 5.92 Å². The van der Waals surface area contributed by atoms with Gasteiger partial charge in [-0.3, -0.25) is 9.59 Å². The molecule has 0 radical (unpaired) electrons. The Bertz CT molecular complexity index is 722. The maximum atomic E-state index is 12.3. The van der Waals surface area contributed by atoms with Crippen LogP contribution in [0, 0.1) is 23.7 Å². The lowest BCUT2D eigenvalue weighted by Crippen LogP contribution is -2.55. The van der Waals surface area contributed by atoms with Crippen molar-refractivity contribution >= 4 is 11.9 Å². The van der Waals surface area contributed by atoms with Crippen molar-refractivity contribution in [1.82, 2.24) is 0 Å². The first kappa shape index (κ1) is 17.5. The summed E-state index contributed by atoms with van der Waals surface area (Å²) in [5.41, 5.74) is 4.83. The smallest absolute Gasteiger partial charge is 0.481 e. The molecule has 0 saturated heterocycles. The van der Waals surface area contributed by atoms with Gasteiger partial charge in [0.15, 0.2) is 0 Å². The van der Waals surface area contributed by atoms with Gasteiger partial charge in [0.1, 0.15) is 11.3 Å². The minimum absolute atomic E-state index is 0.136. The van der Waals surface area contributed by atoms with Crippen LogP contribution in [0.4, 0.5) is 13.2 Å². The average Bonchev–Trinajstić information content (AvgIpc) is 3.11. The fourth-order valence-corrected chi connectivity index (χ4v) is 4.17. The quantitative estimate of drug-likeness (QED) is 0.740. The molecule has 2 aliphatic carbocycles. The van der Waals surface area contributed by atoms with E-state index >= 15 is 0 Å². The minimum atomic E-state index is -4.82. The van der Waals surface area contributed by atoms with Crippen molar-refractivity contribution in [3.8, 4) is 5.75 Å². The largest absolute Gasteiger partial charge is 0.573 e. The van der Waals surface area contributed by atoms with Crippen LogP contribution in [0.25, 0.3) is 0 Å². The first-order chi connectivity index (χ1) is 11.5. The number of carboxylic acid groups (broad SMARTS) is 2. The van der Waals surface area contributed by atoms with Gasteiger partial charge in [-0.25, -0.2) is 0 Å². The summed E-state index contributed by atoms with van der Waals surface area (Å²) < 4.78 is 40.8. The lowest BCUT2D eigenvalue weighted by molar-refractivity contribution is -0.274. The molecule has 25 heavy (non-hydrogen) atoms. The number of fused-ring (bicyclic) bond motifs is 1. The van der Waals surface area contributed by atoms with Crippen LogP contribution in [0.3, 0.4) is 0 Å². The number of hydrogen-bond acceptors (Lipinski definition) is 4. The summed E-state index contributed by atoms with van der Waals surface area (Å²) in [4.78, 5) is 22.8. The van der Waals surface area contributed by atoms with Gasteiger partial charge in [0.25, 0.3) is 0 Å². The maximum absolute atomic E-state index is 12.3.